The van der Waals surface area contributed by atoms with E-state index < -0.39 is 0 Å². The average molecular weight is 220 g/mol. The maximum Gasteiger partial charge on any atom is 0.161 e. The van der Waals surface area contributed by atoms with Crippen molar-refractivity contribution in [1.82, 2.24) is 0 Å². The molecule has 1 aromatic rings. The molecule has 0 aliphatic rings. The summed E-state index contributed by atoms with van der Waals surface area (Å²) in [5, 5.41) is 0. The van der Waals surface area contributed by atoms with Gasteiger partial charge in [0.05, 0.1) is 13.7 Å². The number of hydrogen-bond acceptors (Lipinski definition) is 2. The Morgan fingerprint density at radius 3 is 2.62 bits per heavy atom. The van der Waals surface area contributed by atoms with Gasteiger partial charge >= 0.3 is 0 Å². The molecule has 0 aromatic heterocycles. The fraction of sp³-hybridized carbons (Fsp3) is 0.429. The van der Waals surface area contributed by atoms with Crippen molar-refractivity contribution in [3.05, 3.63) is 36.4 Å². The van der Waals surface area contributed by atoms with E-state index in [1.807, 2.05) is 24.3 Å². The van der Waals surface area contributed by atoms with Crippen LogP contribution in [0.5, 0.6) is 11.5 Å². The van der Waals surface area contributed by atoms with Crippen LogP contribution in [-0.2, 0) is 6.42 Å². The van der Waals surface area contributed by atoms with E-state index in [0.717, 1.165) is 17.9 Å². The number of rotatable bonds is 6. The zero-order chi connectivity index (χ0) is 12.0. The van der Waals surface area contributed by atoms with Gasteiger partial charge in [0.2, 0.25) is 0 Å². The molecule has 0 amide bonds. The van der Waals surface area contributed by atoms with Crippen molar-refractivity contribution in [2.45, 2.75) is 20.3 Å². The van der Waals surface area contributed by atoms with Crippen LogP contribution in [0.2, 0.25) is 0 Å². The molecule has 0 saturated carbocycles. The lowest BCUT2D eigenvalue weighted by Gasteiger charge is -2.13. The van der Waals surface area contributed by atoms with Gasteiger partial charge < -0.3 is 9.47 Å². The van der Waals surface area contributed by atoms with Crippen LogP contribution in [0, 0.1) is 5.92 Å². The molecule has 2 heteroatoms. The van der Waals surface area contributed by atoms with Crippen molar-refractivity contribution in [2.24, 2.45) is 5.92 Å². The van der Waals surface area contributed by atoms with Crippen LogP contribution in [0.4, 0.5) is 0 Å². The molecule has 0 N–H and O–H groups in total. The highest BCUT2D eigenvalue weighted by molar-refractivity contribution is 5.43. The van der Waals surface area contributed by atoms with E-state index in [0.29, 0.717) is 12.5 Å². The molecule has 2 nitrogen and oxygen atoms in total. The Bertz CT molecular complexity index is 343. The van der Waals surface area contributed by atoms with Gasteiger partial charge in [0, 0.05) is 0 Å². The van der Waals surface area contributed by atoms with Crippen LogP contribution < -0.4 is 9.47 Å². The predicted octanol–water partition coefficient (Wildman–Crippen LogP) is 3.46. The highest BCUT2D eigenvalue weighted by atomic mass is 16.5. The zero-order valence-electron chi connectivity index (χ0n) is 10.3. The van der Waals surface area contributed by atoms with Crippen molar-refractivity contribution >= 4 is 0 Å². The summed E-state index contributed by atoms with van der Waals surface area (Å²) in [7, 11) is 1.66. The van der Waals surface area contributed by atoms with Gasteiger partial charge in [-0.1, -0.05) is 26.0 Å². The Labute approximate surface area is 97.9 Å². The normalized spacial score (nSPS) is 10.2. The van der Waals surface area contributed by atoms with Crippen LogP contribution >= 0.6 is 0 Å². The Balaban J connectivity index is 2.83. The highest BCUT2D eigenvalue weighted by Crippen LogP contribution is 2.28. The first-order valence-corrected chi connectivity index (χ1v) is 5.58. The van der Waals surface area contributed by atoms with Gasteiger partial charge in [-0.05, 0) is 30.0 Å². The molecule has 0 bridgehead atoms. The fourth-order valence-electron chi connectivity index (χ4n) is 1.38. The number of ether oxygens (including phenoxy) is 2. The first-order valence-electron chi connectivity index (χ1n) is 5.58. The number of hydrogen-bond donors (Lipinski definition) is 0. The summed E-state index contributed by atoms with van der Waals surface area (Å²) in [6.45, 7) is 8.68. The van der Waals surface area contributed by atoms with Crippen LogP contribution in [0.3, 0.4) is 0 Å². The molecule has 0 radical (unpaired) electrons. The quantitative estimate of drug-likeness (QED) is 0.683. The Kier molecular flexibility index (Phi) is 4.90. The lowest BCUT2D eigenvalue weighted by molar-refractivity contribution is 0.256. The van der Waals surface area contributed by atoms with Crippen molar-refractivity contribution in [3.63, 3.8) is 0 Å². The molecule has 0 saturated heterocycles. The first-order chi connectivity index (χ1) is 7.67. The van der Waals surface area contributed by atoms with Crippen LogP contribution in [-0.4, -0.2) is 13.7 Å². The molecule has 16 heavy (non-hydrogen) atoms. The molecular weight excluding hydrogens is 200 g/mol. The van der Waals surface area contributed by atoms with Gasteiger partial charge in [-0.25, -0.2) is 0 Å². The largest absolute Gasteiger partial charge is 0.493 e. The molecule has 0 fully saturated rings. The molecule has 1 rings (SSSR count). The van der Waals surface area contributed by atoms with Gasteiger partial charge in [-0.3, -0.25) is 0 Å². The molecule has 1 aromatic carbocycles. The summed E-state index contributed by atoms with van der Waals surface area (Å²) in [5.41, 5.74) is 1.19. The van der Waals surface area contributed by atoms with Crippen molar-refractivity contribution < 1.29 is 9.47 Å². The van der Waals surface area contributed by atoms with E-state index in [9.17, 15) is 0 Å². The third kappa shape index (κ3) is 3.61. The summed E-state index contributed by atoms with van der Waals surface area (Å²) in [6.07, 6.45) is 2.73. The minimum atomic E-state index is 0.507. The molecule has 88 valence electrons. The SMILES string of the molecule is C=CCc1ccc(OC)c(OCC(C)C)c1. The molecule has 0 heterocycles. The van der Waals surface area contributed by atoms with E-state index in [-0.39, 0.29) is 0 Å². The monoisotopic (exact) mass is 220 g/mol. The summed E-state index contributed by atoms with van der Waals surface area (Å²) in [6, 6.07) is 5.99. The lowest BCUT2D eigenvalue weighted by atomic mass is 10.1. The van der Waals surface area contributed by atoms with Gasteiger partial charge in [0.15, 0.2) is 11.5 Å². The molecule has 0 aliphatic carbocycles. The van der Waals surface area contributed by atoms with Crippen LogP contribution in [0.15, 0.2) is 30.9 Å². The van der Waals surface area contributed by atoms with E-state index in [4.69, 9.17) is 9.47 Å². The minimum Gasteiger partial charge on any atom is -0.493 e. The van der Waals surface area contributed by atoms with Crippen LogP contribution in [0.1, 0.15) is 19.4 Å². The Morgan fingerprint density at radius 1 is 1.31 bits per heavy atom. The van der Waals surface area contributed by atoms with E-state index >= 15 is 0 Å². The summed E-state index contributed by atoms with van der Waals surface area (Å²) >= 11 is 0. The first kappa shape index (κ1) is 12.6. The second-order valence-electron chi connectivity index (χ2n) is 4.18. The Morgan fingerprint density at radius 2 is 2.06 bits per heavy atom. The summed E-state index contributed by atoms with van der Waals surface area (Å²) in [4.78, 5) is 0. The third-order valence-electron chi connectivity index (χ3n) is 2.18. The topological polar surface area (TPSA) is 18.5 Å². The van der Waals surface area contributed by atoms with Crippen LogP contribution in [0.25, 0.3) is 0 Å². The smallest absolute Gasteiger partial charge is 0.161 e. The molecule has 0 aliphatic heterocycles. The zero-order valence-corrected chi connectivity index (χ0v) is 10.3. The molecule has 0 spiro atoms. The number of methoxy groups -OCH3 is 1. The maximum absolute atomic E-state index is 5.72. The number of benzene rings is 1. The highest BCUT2D eigenvalue weighted by Gasteiger charge is 2.06. The summed E-state index contributed by atoms with van der Waals surface area (Å²) < 4.78 is 11.0. The second kappa shape index (κ2) is 6.21. The lowest BCUT2D eigenvalue weighted by Crippen LogP contribution is -2.05. The number of allylic oxidation sites excluding steroid dienone is 1. The van der Waals surface area contributed by atoms with E-state index in [1.165, 1.54) is 5.56 Å². The van der Waals surface area contributed by atoms with E-state index in [2.05, 4.69) is 20.4 Å². The summed E-state index contributed by atoms with van der Waals surface area (Å²) in [5.74, 6) is 2.11. The molecular formula is C14H20O2. The van der Waals surface area contributed by atoms with Crippen molar-refractivity contribution in [3.8, 4) is 11.5 Å². The van der Waals surface area contributed by atoms with Crippen molar-refractivity contribution in [2.75, 3.05) is 13.7 Å². The predicted molar refractivity (Wildman–Crippen MR) is 67.2 cm³/mol. The van der Waals surface area contributed by atoms with Gasteiger partial charge in [0.25, 0.3) is 0 Å². The van der Waals surface area contributed by atoms with Gasteiger partial charge in [-0.15, -0.1) is 6.58 Å². The Hall–Kier alpha value is -1.44. The molecule has 0 unspecified atom stereocenters. The van der Waals surface area contributed by atoms with Crippen molar-refractivity contribution in [1.29, 1.82) is 0 Å². The maximum atomic E-state index is 5.72. The van der Waals surface area contributed by atoms with Gasteiger partial charge in [0.1, 0.15) is 0 Å². The average Bonchev–Trinajstić information content (AvgIpc) is 2.27. The van der Waals surface area contributed by atoms with Gasteiger partial charge in [-0.2, -0.15) is 0 Å². The standard InChI is InChI=1S/C14H20O2/c1-5-6-12-7-8-13(15-4)14(9-12)16-10-11(2)3/h5,7-9,11H,1,6,10H2,2-4H3. The second-order valence-corrected chi connectivity index (χ2v) is 4.18. The minimum absolute atomic E-state index is 0.507. The molecule has 0 atom stereocenters. The third-order valence-corrected chi connectivity index (χ3v) is 2.18. The fourth-order valence-corrected chi connectivity index (χ4v) is 1.38. The van der Waals surface area contributed by atoms with E-state index in [1.54, 1.807) is 7.11 Å².